The molecule has 0 atom stereocenters. The average molecular weight is 266 g/mol. The van der Waals surface area contributed by atoms with Crippen molar-refractivity contribution in [1.82, 2.24) is 9.97 Å². The number of hydrogen-bond acceptors (Lipinski definition) is 3. The number of aromatic nitrogens is 2. The van der Waals surface area contributed by atoms with Crippen molar-refractivity contribution < 1.29 is 0 Å². The molecule has 0 saturated heterocycles. The highest BCUT2D eigenvalue weighted by molar-refractivity contribution is 5.78. The summed E-state index contributed by atoms with van der Waals surface area (Å²) >= 11 is 0. The largest absolute Gasteiger partial charge is 0.399 e. The molecule has 0 spiro atoms. The number of aromatic amines is 1. The molecule has 2 aromatic carbocycles. The molecular weight excluding hydrogens is 248 g/mol. The monoisotopic (exact) mass is 266 g/mol. The van der Waals surface area contributed by atoms with Crippen molar-refractivity contribution in [2.24, 2.45) is 0 Å². The number of nitrogens with one attached hydrogen (secondary N) is 1. The molecule has 4 heteroatoms. The number of imidazole rings is 1. The summed E-state index contributed by atoms with van der Waals surface area (Å²) < 4.78 is 0. The van der Waals surface area contributed by atoms with E-state index < -0.39 is 0 Å². The van der Waals surface area contributed by atoms with E-state index in [1.807, 2.05) is 18.2 Å². The molecule has 3 N–H and O–H groups in total. The highest BCUT2D eigenvalue weighted by atomic mass is 15.1. The third-order valence-corrected chi connectivity index (χ3v) is 3.38. The van der Waals surface area contributed by atoms with Gasteiger partial charge in [-0.2, -0.15) is 0 Å². The van der Waals surface area contributed by atoms with Crippen molar-refractivity contribution in [3.63, 3.8) is 0 Å². The first-order valence-corrected chi connectivity index (χ1v) is 6.64. The second-order valence-electron chi connectivity index (χ2n) is 5.16. The van der Waals surface area contributed by atoms with E-state index in [0.717, 1.165) is 29.1 Å². The smallest absolute Gasteiger partial charge is 0.126 e. The van der Waals surface area contributed by atoms with Crippen LogP contribution < -0.4 is 10.6 Å². The Morgan fingerprint density at radius 1 is 1.20 bits per heavy atom. The molecule has 3 rings (SSSR count). The minimum atomic E-state index is 0.734. The Hall–Kier alpha value is -2.49. The fourth-order valence-corrected chi connectivity index (χ4v) is 2.34. The maximum absolute atomic E-state index is 5.78. The average Bonchev–Trinajstić information content (AvgIpc) is 2.80. The number of nitrogen functional groups attached to an aromatic ring is 1. The van der Waals surface area contributed by atoms with Crippen molar-refractivity contribution in [3.8, 4) is 0 Å². The first-order chi connectivity index (χ1) is 9.61. The summed E-state index contributed by atoms with van der Waals surface area (Å²) in [6.07, 6.45) is 0. The summed E-state index contributed by atoms with van der Waals surface area (Å²) in [6, 6.07) is 14.2. The minimum Gasteiger partial charge on any atom is -0.399 e. The molecule has 1 heterocycles. The van der Waals surface area contributed by atoms with E-state index in [-0.39, 0.29) is 0 Å². The number of benzene rings is 2. The highest BCUT2D eigenvalue weighted by Gasteiger charge is 2.07. The molecule has 0 unspecified atom stereocenters. The van der Waals surface area contributed by atoms with E-state index in [0.29, 0.717) is 0 Å². The third kappa shape index (κ3) is 2.45. The van der Waals surface area contributed by atoms with Crippen LogP contribution in [0.3, 0.4) is 0 Å². The van der Waals surface area contributed by atoms with Gasteiger partial charge in [-0.25, -0.2) is 4.98 Å². The molecule has 3 aromatic rings. The lowest BCUT2D eigenvalue weighted by atomic mass is 10.2. The van der Waals surface area contributed by atoms with Gasteiger partial charge in [-0.1, -0.05) is 12.1 Å². The predicted octanol–water partition coefficient (Wildman–Crippen LogP) is 3.09. The van der Waals surface area contributed by atoms with Crippen molar-refractivity contribution in [1.29, 1.82) is 0 Å². The van der Waals surface area contributed by atoms with E-state index in [2.05, 4.69) is 53.1 Å². The van der Waals surface area contributed by atoms with Gasteiger partial charge in [0.1, 0.15) is 5.82 Å². The van der Waals surface area contributed by atoms with E-state index in [4.69, 9.17) is 5.73 Å². The number of anilines is 2. The quantitative estimate of drug-likeness (QED) is 0.716. The molecule has 0 radical (unpaired) electrons. The molecule has 1 aromatic heterocycles. The van der Waals surface area contributed by atoms with E-state index in [9.17, 15) is 0 Å². The van der Waals surface area contributed by atoms with Gasteiger partial charge in [0.05, 0.1) is 17.6 Å². The van der Waals surface area contributed by atoms with Gasteiger partial charge in [0, 0.05) is 18.4 Å². The number of rotatable bonds is 3. The highest BCUT2D eigenvalue weighted by Crippen LogP contribution is 2.19. The Labute approximate surface area is 118 Å². The SMILES string of the molecule is Cc1cccc(N(C)Cc2nc3ccc(N)cc3[nH]2)c1. The second-order valence-corrected chi connectivity index (χ2v) is 5.16. The Balaban J connectivity index is 1.85. The van der Waals surface area contributed by atoms with Crippen LogP contribution in [-0.4, -0.2) is 17.0 Å². The van der Waals surface area contributed by atoms with Crippen molar-refractivity contribution in [3.05, 3.63) is 53.9 Å². The van der Waals surface area contributed by atoms with Gasteiger partial charge in [-0.05, 0) is 42.8 Å². The molecule has 0 aliphatic rings. The lowest BCUT2D eigenvalue weighted by Gasteiger charge is -2.18. The summed E-state index contributed by atoms with van der Waals surface area (Å²) in [5.41, 5.74) is 10.9. The molecular formula is C16H18N4. The summed E-state index contributed by atoms with van der Waals surface area (Å²) in [5, 5.41) is 0. The normalized spacial score (nSPS) is 10.9. The first kappa shape index (κ1) is 12.5. The van der Waals surface area contributed by atoms with Crippen molar-refractivity contribution >= 4 is 22.4 Å². The van der Waals surface area contributed by atoms with Crippen LogP contribution in [0.15, 0.2) is 42.5 Å². The maximum Gasteiger partial charge on any atom is 0.126 e. The Bertz CT molecular complexity index is 745. The van der Waals surface area contributed by atoms with Crippen molar-refractivity contribution in [2.45, 2.75) is 13.5 Å². The van der Waals surface area contributed by atoms with E-state index in [1.54, 1.807) is 0 Å². The maximum atomic E-state index is 5.78. The van der Waals surface area contributed by atoms with Gasteiger partial charge in [-0.15, -0.1) is 0 Å². The van der Waals surface area contributed by atoms with Gasteiger partial charge in [0.25, 0.3) is 0 Å². The van der Waals surface area contributed by atoms with Crippen LogP contribution in [0.4, 0.5) is 11.4 Å². The van der Waals surface area contributed by atoms with Crippen LogP contribution >= 0.6 is 0 Å². The summed E-state index contributed by atoms with van der Waals surface area (Å²) in [6.45, 7) is 2.83. The molecule has 0 saturated carbocycles. The van der Waals surface area contributed by atoms with Gasteiger partial charge in [0.2, 0.25) is 0 Å². The van der Waals surface area contributed by atoms with Gasteiger partial charge in [0.15, 0.2) is 0 Å². The first-order valence-electron chi connectivity index (χ1n) is 6.64. The number of nitrogens with zero attached hydrogens (tertiary/aromatic N) is 2. The topological polar surface area (TPSA) is 57.9 Å². The minimum absolute atomic E-state index is 0.734. The van der Waals surface area contributed by atoms with Gasteiger partial charge < -0.3 is 15.6 Å². The van der Waals surface area contributed by atoms with Gasteiger partial charge >= 0.3 is 0 Å². The number of fused-ring (bicyclic) bond motifs is 1. The fraction of sp³-hybridized carbons (Fsp3) is 0.188. The van der Waals surface area contributed by atoms with Gasteiger partial charge in [-0.3, -0.25) is 0 Å². The van der Waals surface area contributed by atoms with Crippen LogP contribution in [0.2, 0.25) is 0 Å². The molecule has 4 nitrogen and oxygen atoms in total. The number of nitrogens with two attached hydrogens (primary N) is 1. The zero-order valence-electron chi connectivity index (χ0n) is 11.7. The molecule has 0 fully saturated rings. The molecule has 20 heavy (non-hydrogen) atoms. The summed E-state index contributed by atoms with van der Waals surface area (Å²) in [5.74, 6) is 0.939. The molecule has 102 valence electrons. The summed E-state index contributed by atoms with van der Waals surface area (Å²) in [4.78, 5) is 10.1. The molecule has 0 amide bonds. The Kier molecular flexibility index (Phi) is 3.06. The zero-order valence-corrected chi connectivity index (χ0v) is 11.7. The lowest BCUT2D eigenvalue weighted by molar-refractivity contribution is 0.864. The number of hydrogen-bond donors (Lipinski definition) is 2. The molecule has 0 bridgehead atoms. The lowest BCUT2D eigenvalue weighted by Crippen LogP contribution is -2.17. The molecule has 0 aliphatic carbocycles. The fourth-order valence-electron chi connectivity index (χ4n) is 2.34. The Morgan fingerprint density at radius 3 is 2.85 bits per heavy atom. The summed E-state index contributed by atoms with van der Waals surface area (Å²) in [7, 11) is 2.07. The standard InChI is InChI=1S/C16H18N4/c1-11-4-3-5-13(8-11)20(2)10-16-18-14-7-6-12(17)9-15(14)19-16/h3-9H,10,17H2,1-2H3,(H,18,19). The Morgan fingerprint density at radius 2 is 2.05 bits per heavy atom. The predicted molar refractivity (Wildman–Crippen MR) is 83.8 cm³/mol. The van der Waals surface area contributed by atoms with E-state index in [1.165, 1.54) is 11.3 Å². The zero-order chi connectivity index (χ0) is 14.1. The molecule has 0 aliphatic heterocycles. The second kappa shape index (κ2) is 4.89. The van der Waals surface area contributed by atoms with Crippen LogP contribution in [0.25, 0.3) is 11.0 Å². The van der Waals surface area contributed by atoms with Crippen LogP contribution in [0.1, 0.15) is 11.4 Å². The third-order valence-electron chi connectivity index (χ3n) is 3.38. The van der Waals surface area contributed by atoms with Crippen LogP contribution in [-0.2, 0) is 6.54 Å². The van der Waals surface area contributed by atoms with Crippen LogP contribution in [0, 0.1) is 6.92 Å². The van der Waals surface area contributed by atoms with Crippen LogP contribution in [0.5, 0.6) is 0 Å². The number of aryl methyl sites for hydroxylation is 1. The number of H-pyrrole nitrogens is 1. The van der Waals surface area contributed by atoms with E-state index >= 15 is 0 Å². The van der Waals surface area contributed by atoms with Crippen molar-refractivity contribution in [2.75, 3.05) is 17.7 Å².